The summed E-state index contributed by atoms with van der Waals surface area (Å²) in [6.07, 6.45) is 11.5. The molecule has 0 aromatic heterocycles. The number of hydrogen-bond acceptors (Lipinski definition) is 2. The summed E-state index contributed by atoms with van der Waals surface area (Å²) < 4.78 is 5.37. The lowest BCUT2D eigenvalue weighted by atomic mass is 9.88. The fraction of sp³-hybridized carbons (Fsp3) is 1.00. The Labute approximate surface area is 106 Å². The minimum absolute atomic E-state index is 0.540. The zero-order valence-corrected chi connectivity index (χ0v) is 11.2. The molecule has 2 unspecified atom stereocenters. The number of rotatable bonds is 6. The van der Waals surface area contributed by atoms with Crippen LogP contribution >= 0.6 is 0 Å². The molecule has 0 bridgehead atoms. The Balaban J connectivity index is 1.60. The molecule has 2 aliphatic carbocycles. The van der Waals surface area contributed by atoms with Crippen molar-refractivity contribution in [3.05, 3.63) is 0 Å². The van der Waals surface area contributed by atoms with E-state index in [1.165, 1.54) is 44.9 Å². The second kappa shape index (κ2) is 6.75. The van der Waals surface area contributed by atoms with Crippen LogP contribution in [0.15, 0.2) is 0 Å². The Morgan fingerprint density at radius 3 is 2.59 bits per heavy atom. The molecule has 0 heterocycles. The topological polar surface area (TPSA) is 29.5 Å². The summed E-state index contributed by atoms with van der Waals surface area (Å²) in [7, 11) is 0. The van der Waals surface area contributed by atoms with Crippen LogP contribution in [-0.4, -0.2) is 18.0 Å². The molecule has 0 aromatic carbocycles. The number of ether oxygens (including phenoxy) is 1. The van der Waals surface area contributed by atoms with Crippen molar-refractivity contribution in [3.8, 4) is 0 Å². The Bertz CT molecular complexity index is 211. The monoisotopic (exact) mass is 240 g/mol. The van der Waals surface area contributed by atoms with Crippen LogP contribution in [0.3, 0.4) is 0 Å². The molecule has 0 aliphatic heterocycles. The zero-order chi connectivity index (χ0) is 12.1. The second-order valence-electron chi connectivity index (χ2n) is 6.01. The molecule has 3 atom stereocenters. The predicted molar refractivity (Wildman–Crippen MR) is 69.7 cm³/mol. The molecule has 17 heavy (non-hydrogen) atoms. The van der Waals surface area contributed by atoms with Gasteiger partial charge in [-0.15, -0.1) is 0 Å². The lowest BCUT2D eigenvalue weighted by molar-refractivity contribution is -0.103. The van der Waals surface area contributed by atoms with Crippen molar-refractivity contribution < 1.29 is 9.84 Å². The summed E-state index contributed by atoms with van der Waals surface area (Å²) in [5, 5.41) is 9.33. The highest BCUT2D eigenvalue weighted by atomic mass is 16.6. The normalized spacial score (nSPS) is 32.1. The molecular weight excluding hydrogens is 212 g/mol. The predicted octanol–water partition coefficient (Wildman–Crippen LogP) is 3.73. The summed E-state index contributed by atoms with van der Waals surface area (Å²) in [5.41, 5.74) is 0. The molecule has 0 amide bonds. The van der Waals surface area contributed by atoms with Gasteiger partial charge in [0.05, 0.1) is 0 Å². The molecule has 2 saturated carbocycles. The maximum Gasteiger partial charge on any atom is 0.154 e. The quantitative estimate of drug-likeness (QED) is 0.717. The van der Waals surface area contributed by atoms with Crippen LogP contribution in [0, 0.1) is 17.8 Å². The summed E-state index contributed by atoms with van der Waals surface area (Å²) in [5.74, 6) is 2.92. The first-order valence-corrected chi connectivity index (χ1v) is 7.59. The highest BCUT2D eigenvalue weighted by Gasteiger charge is 2.31. The minimum Gasteiger partial charge on any atom is -0.368 e. The van der Waals surface area contributed by atoms with E-state index in [9.17, 15) is 5.11 Å². The summed E-state index contributed by atoms with van der Waals surface area (Å²) in [6.45, 7) is 2.70. The van der Waals surface area contributed by atoms with Crippen molar-refractivity contribution in [2.24, 2.45) is 17.8 Å². The van der Waals surface area contributed by atoms with Gasteiger partial charge in [0.1, 0.15) is 0 Å². The number of aliphatic hydroxyl groups is 1. The molecule has 2 fully saturated rings. The van der Waals surface area contributed by atoms with Crippen LogP contribution in [0.5, 0.6) is 0 Å². The molecule has 2 rings (SSSR count). The van der Waals surface area contributed by atoms with E-state index in [4.69, 9.17) is 4.74 Å². The third-order valence-electron chi connectivity index (χ3n) is 4.83. The lowest BCUT2D eigenvalue weighted by Gasteiger charge is -2.18. The van der Waals surface area contributed by atoms with Crippen molar-refractivity contribution >= 4 is 0 Å². The third kappa shape index (κ3) is 3.96. The maximum absolute atomic E-state index is 9.33. The Hall–Kier alpha value is -0.0800. The van der Waals surface area contributed by atoms with E-state index in [0.29, 0.717) is 6.42 Å². The summed E-state index contributed by atoms with van der Waals surface area (Å²) in [4.78, 5) is 0. The molecule has 0 saturated heterocycles. The average molecular weight is 240 g/mol. The van der Waals surface area contributed by atoms with Gasteiger partial charge in [-0.25, -0.2) is 0 Å². The first kappa shape index (κ1) is 13.4. The van der Waals surface area contributed by atoms with Gasteiger partial charge in [0.25, 0.3) is 0 Å². The van der Waals surface area contributed by atoms with Gasteiger partial charge in [0.2, 0.25) is 0 Å². The van der Waals surface area contributed by atoms with Gasteiger partial charge in [-0.3, -0.25) is 0 Å². The fourth-order valence-corrected chi connectivity index (χ4v) is 3.72. The molecule has 100 valence electrons. The van der Waals surface area contributed by atoms with Crippen molar-refractivity contribution in [1.82, 2.24) is 0 Å². The highest BCUT2D eigenvalue weighted by molar-refractivity contribution is 4.83. The lowest BCUT2D eigenvalue weighted by Crippen LogP contribution is -2.13. The van der Waals surface area contributed by atoms with Crippen LogP contribution in [0.2, 0.25) is 0 Å². The zero-order valence-electron chi connectivity index (χ0n) is 11.2. The largest absolute Gasteiger partial charge is 0.368 e. The first-order chi connectivity index (χ1) is 8.29. The Morgan fingerprint density at radius 2 is 1.88 bits per heavy atom. The molecule has 2 heteroatoms. The molecule has 2 nitrogen and oxygen atoms in total. The molecule has 0 radical (unpaired) electrons. The van der Waals surface area contributed by atoms with Gasteiger partial charge >= 0.3 is 0 Å². The van der Waals surface area contributed by atoms with Gasteiger partial charge in [-0.05, 0) is 43.4 Å². The van der Waals surface area contributed by atoms with Gasteiger partial charge < -0.3 is 9.84 Å². The average Bonchev–Trinajstić information content (AvgIpc) is 2.98. The highest BCUT2D eigenvalue weighted by Crippen LogP contribution is 2.43. The molecular formula is C15H28O2. The number of hydrogen-bond donors (Lipinski definition) is 1. The number of aliphatic hydroxyl groups excluding tert-OH is 1. The van der Waals surface area contributed by atoms with Gasteiger partial charge in [0.15, 0.2) is 6.29 Å². The first-order valence-electron chi connectivity index (χ1n) is 7.59. The summed E-state index contributed by atoms with van der Waals surface area (Å²) >= 11 is 0. The van der Waals surface area contributed by atoms with Gasteiger partial charge in [-0.2, -0.15) is 0 Å². The van der Waals surface area contributed by atoms with E-state index in [2.05, 4.69) is 0 Å². The van der Waals surface area contributed by atoms with Gasteiger partial charge in [-0.1, -0.05) is 39.0 Å². The molecule has 2 aliphatic rings. The molecule has 0 spiro atoms. The van der Waals surface area contributed by atoms with Crippen LogP contribution < -0.4 is 0 Å². The standard InChI is InChI=1S/C15H28O2/c1-2-15(16)17-10-9-12-7-8-14(11-12)13-5-3-4-6-13/h12-16H,2-11H2,1H3/t12?,14?,15-/m0/s1. The van der Waals surface area contributed by atoms with E-state index < -0.39 is 6.29 Å². The van der Waals surface area contributed by atoms with Crippen molar-refractivity contribution in [1.29, 1.82) is 0 Å². The van der Waals surface area contributed by atoms with Crippen LogP contribution in [0.1, 0.15) is 64.7 Å². The van der Waals surface area contributed by atoms with E-state index in [0.717, 1.165) is 30.8 Å². The maximum atomic E-state index is 9.33. The fourth-order valence-electron chi connectivity index (χ4n) is 3.72. The minimum atomic E-state index is -0.540. The second-order valence-corrected chi connectivity index (χ2v) is 6.01. The van der Waals surface area contributed by atoms with E-state index >= 15 is 0 Å². The van der Waals surface area contributed by atoms with E-state index in [1.807, 2.05) is 6.92 Å². The molecule has 1 N–H and O–H groups in total. The van der Waals surface area contributed by atoms with Gasteiger partial charge in [0, 0.05) is 6.61 Å². The third-order valence-corrected chi connectivity index (χ3v) is 4.83. The van der Waals surface area contributed by atoms with E-state index in [-0.39, 0.29) is 0 Å². The summed E-state index contributed by atoms with van der Waals surface area (Å²) in [6, 6.07) is 0. The van der Waals surface area contributed by atoms with Crippen molar-refractivity contribution in [2.45, 2.75) is 71.0 Å². The Kier molecular flexibility index (Phi) is 5.30. The van der Waals surface area contributed by atoms with Crippen LogP contribution in [-0.2, 0) is 4.74 Å². The van der Waals surface area contributed by atoms with Crippen LogP contribution in [0.25, 0.3) is 0 Å². The van der Waals surface area contributed by atoms with Crippen LogP contribution in [0.4, 0.5) is 0 Å². The Morgan fingerprint density at radius 1 is 1.12 bits per heavy atom. The van der Waals surface area contributed by atoms with Crippen molar-refractivity contribution in [3.63, 3.8) is 0 Å². The molecule has 0 aromatic rings. The van der Waals surface area contributed by atoms with Crippen molar-refractivity contribution in [2.75, 3.05) is 6.61 Å². The smallest absolute Gasteiger partial charge is 0.154 e. The van der Waals surface area contributed by atoms with E-state index in [1.54, 1.807) is 0 Å². The SMILES string of the molecule is CC[C@@H](O)OCCC1CCC(C2CCCC2)C1.